The van der Waals surface area contributed by atoms with Crippen molar-refractivity contribution in [2.45, 2.75) is 30.4 Å². The molecule has 0 bridgehead atoms. The van der Waals surface area contributed by atoms with Gasteiger partial charge in [0.25, 0.3) is 5.91 Å². The van der Waals surface area contributed by atoms with E-state index in [0.29, 0.717) is 22.8 Å². The number of hydrogen-bond donors (Lipinski definition) is 1. The van der Waals surface area contributed by atoms with Gasteiger partial charge in [-0.25, -0.2) is 8.42 Å². The van der Waals surface area contributed by atoms with Gasteiger partial charge in [0, 0.05) is 5.02 Å². The summed E-state index contributed by atoms with van der Waals surface area (Å²) in [6, 6.07) is 13.2. The van der Waals surface area contributed by atoms with Crippen LogP contribution in [0.25, 0.3) is 0 Å². The van der Waals surface area contributed by atoms with E-state index in [0.717, 1.165) is 0 Å². The van der Waals surface area contributed by atoms with Crippen LogP contribution >= 0.6 is 11.6 Å². The maximum absolute atomic E-state index is 12.4. The average Bonchev–Trinajstić information content (AvgIpc) is 2.59. The number of nitrogens with one attached hydrogen (secondary N) is 1. The highest BCUT2D eigenvalue weighted by Gasteiger charge is 2.31. The van der Waals surface area contributed by atoms with Crippen LogP contribution in [0.2, 0.25) is 5.02 Å². The van der Waals surface area contributed by atoms with E-state index in [1.165, 1.54) is 0 Å². The van der Waals surface area contributed by atoms with Crippen LogP contribution in [0.5, 0.6) is 5.75 Å². The summed E-state index contributed by atoms with van der Waals surface area (Å²) in [6.45, 7) is 1.65. The number of carbonyl (C=O) groups excluding carboxylic acids is 1. The Balaban J connectivity index is 1.71. The van der Waals surface area contributed by atoms with E-state index in [2.05, 4.69) is 5.32 Å². The highest BCUT2D eigenvalue weighted by molar-refractivity contribution is 7.91. The van der Waals surface area contributed by atoms with Gasteiger partial charge in [-0.1, -0.05) is 29.8 Å². The molecule has 7 heteroatoms. The third kappa shape index (κ3) is 3.96. The summed E-state index contributed by atoms with van der Waals surface area (Å²) >= 11 is 5.83. The Hall–Kier alpha value is -2.05. The van der Waals surface area contributed by atoms with E-state index in [1.807, 2.05) is 0 Å². The van der Waals surface area contributed by atoms with Crippen molar-refractivity contribution in [2.75, 3.05) is 5.75 Å². The van der Waals surface area contributed by atoms with Crippen LogP contribution in [0.1, 0.15) is 24.9 Å². The van der Waals surface area contributed by atoms with Crippen molar-refractivity contribution >= 4 is 27.3 Å². The van der Waals surface area contributed by atoms with Crippen molar-refractivity contribution in [3.8, 4) is 5.75 Å². The maximum Gasteiger partial charge on any atom is 0.261 e. The summed E-state index contributed by atoms with van der Waals surface area (Å²) in [5.41, 5.74) is 0.626. The summed E-state index contributed by atoms with van der Waals surface area (Å²) in [6.07, 6.45) is -0.370. The second-order valence-corrected chi connectivity index (χ2v) is 8.43. The molecule has 0 aromatic heterocycles. The van der Waals surface area contributed by atoms with E-state index in [9.17, 15) is 13.2 Å². The minimum atomic E-state index is -3.28. The molecule has 0 saturated heterocycles. The average molecular weight is 380 g/mol. The lowest BCUT2D eigenvalue weighted by molar-refractivity contribution is -0.128. The number of sulfone groups is 1. The van der Waals surface area contributed by atoms with Gasteiger partial charge < -0.3 is 10.1 Å². The lowest BCUT2D eigenvalue weighted by Gasteiger charge is -2.27. The van der Waals surface area contributed by atoms with Crippen molar-refractivity contribution in [1.82, 2.24) is 5.32 Å². The first-order chi connectivity index (χ1) is 11.9. The largest absolute Gasteiger partial charge is 0.481 e. The highest BCUT2D eigenvalue weighted by atomic mass is 35.5. The molecule has 1 N–H and O–H groups in total. The van der Waals surface area contributed by atoms with Crippen LogP contribution in [0, 0.1) is 0 Å². The van der Waals surface area contributed by atoms with E-state index in [4.69, 9.17) is 16.3 Å². The second-order valence-electron chi connectivity index (χ2n) is 5.92. The molecule has 5 nitrogen and oxygen atoms in total. The molecule has 1 aliphatic heterocycles. The van der Waals surface area contributed by atoms with Crippen molar-refractivity contribution in [1.29, 1.82) is 0 Å². The van der Waals surface area contributed by atoms with Crippen LogP contribution in [0.4, 0.5) is 0 Å². The van der Waals surface area contributed by atoms with Gasteiger partial charge in [0.2, 0.25) is 0 Å². The molecule has 0 aliphatic carbocycles. The van der Waals surface area contributed by atoms with E-state index >= 15 is 0 Å². The Morgan fingerprint density at radius 3 is 2.60 bits per heavy atom. The lowest BCUT2D eigenvalue weighted by atomic mass is 10.0. The molecule has 1 aliphatic rings. The zero-order valence-corrected chi connectivity index (χ0v) is 15.2. The van der Waals surface area contributed by atoms with Crippen LogP contribution in [0.3, 0.4) is 0 Å². The number of hydrogen-bond acceptors (Lipinski definition) is 4. The van der Waals surface area contributed by atoms with Crippen LogP contribution in [-0.2, 0) is 14.6 Å². The number of amides is 1. The first kappa shape index (κ1) is 17.8. The Labute approximate surface area is 151 Å². The number of benzene rings is 2. The fraction of sp³-hybridized carbons (Fsp3) is 0.278. The molecule has 3 rings (SSSR count). The van der Waals surface area contributed by atoms with Crippen LogP contribution in [-0.4, -0.2) is 26.2 Å². The van der Waals surface area contributed by atoms with Crippen molar-refractivity contribution in [3.05, 3.63) is 59.1 Å². The molecule has 1 amide bonds. The zero-order valence-electron chi connectivity index (χ0n) is 13.6. The molecule has 132 valence electrons. The standard InChI is InChI=1S/C18H18ClNO4S/c1-12(24-14-8-6-13(19)7-9-14)18(21)20-16-10-11-25(22,23)17-5-3-2-4-15(16)17/h2-9,12,16H,10-11H2,1H3,(H,20,21)/t12-,16+/m0/s1. The Morgan fingerprint density at radius 2 is 1.88 bits per heavy atom. The number of fused-ring (bicyclic) bond motifs is 1. The summed E-state index contributed by atoms with van der Waals surface area (Å²) in [4.78, 5) is 12.7. The van der Waals surface area contributed by atoms with Gasteiger partial charge >= 0.3 is 0 Å². The molecular formula is C18H18ClNO4S. The third-order valence-electron chi connectivity index (χ3n) is 4.12. The quantitative estimate of drug-likeness (QED) is 0.885. The molecule has 2 atom stereocenters. The van der Waals surface area contributed by atoms with Gasteiger partial charge in [-0.15, -0.1) is 0 Å². The zero-order chi connectivity index (χ0) is 18.0. The molecule has 1 heterocycles. The second kappa shape index (κ2) is 7.06. The molecule has 2 aromatic carbocycles. The smallest absolute Gasteiger partial charge is 0.261 e. The first-order valence-corrected chi connectivity index (χ1v) is 9.94. The number of carbonyl (C=O) groups is 1. The Morgan fingerprint density at radius 1 is 1.20 bits per heavy atom. The minimum Gasteiger partial charge on any atom is -0.481 e. The molecule has 0 fully saturated rings. The summed E-state index contributed by atoms with van der Waals surface area (Å²) in [5, 5.41) is 3.48. The van der Waals surface area contributed by atoms with Crippen molar-refractivity contribution in [3.63, 3.8) is 0 Å². The summed E-state index contributed by atoms with van der Waals surface area (Å²) in [7, 11) is -3.28. The first-order valence-electron chi connectivity index (χ1n) is 7.91. The Kier molecular flexibility index (Phi) is 5.01. The SMILES string of the molecule is C[C@H](Oc1ccc(Cl)cc1)C(=O)N[C@@H]1CCS(=O)(=O)c2ccccc21. The van der Waals surface area contributed by atoms with Gasteiger partial charge in [0.15, 0.2) is 15.9 Å². The van der Waals surface area contributed by atoms with E-state index in [-0.39, 0.29) is 22.6 Å². The van der Waals surface area contributed by atoms with Gasteiger partial charge in [-0.05, 0) is 49.2 Å². The summed E-state index contributed by atoms with van der Waals surface area (Å²) < 4.78 is 29.9. The monoisotopic (exact) mass is 379 g/mol. The van der Waals surface area contributed by atoms with Gasteiger partial charge in [0.1, 0.15) is 5.75 Å². The molecule has 0 unspecified atom stereocenters. The van der Waals surface area contributed by atoms with Crippen molar-refractivity contribution < 1.29 is 17.9 Å². The predicted molar refractivity (Wildman–Crippen MR) is 95.5 cm³/mol. The van der Waals surface area contributed by atoms with Gasteiger partial charge in [-0.3, -0.25) is 4.79 Å². The normalized spacial score (nSPS) is 19.5. The van der Waals surface area contributed by atoms with E-state index in [1.54, 1.807) is 55.5 Å². The van der Waals surface area contributed by atoms with Gasteiger partial charge in [0.05, 0.1) is 16.7 Å². The molecule has 25 heavy (non-hydrogen) atoms. The fourth-order valence-corrected chi connectivity index (χ4v) is 4.55. The number of rotatable bonds is 4. The fourth-order valence-electron chi connectivity index (χ4n) is 2.80. The third-order valence-corrected chi connectivity index (χ3v) is 6.18. The maximum atomic E-state index is 12.4. The van der Waals surface area contributed by atoms with Crippen LogP contribution < -0.4 is 10.1 Å². The number of halogens is 1. The highest BCUT2D eigenvalue weighted by Crippen LogP contribution is 2.32. The molecule has 2 aromatic rings. The number of ether oxygens (including phenoxy) is 1. The topological polar surface area (TPSA) is 72.5 Å². The van der Waals surface area contributed by atoms with Crippen molar-refractivity contribution in [2.24, 2.45) is 0 Å². The van der Waals surface area contributed by atoms with Gasteiger partial charge in [-0.2, -0.15) is 0 Å². The molecule has 0 saturated carbocycles. The molecule has 0 radical (unpaired) electrons. The summed E-state index contributed by atoms with van der Waals surface area (Å²) in [5.74, 6) is 0.259. The van der Waals surface area contributed by atoms with Crippen LogP contribution in [0.15, 0.2) is 53.4 Å². The minimum absolute atomic E-state index is 0.0153. The predicted octanol–water partition coefficient (Wildman–Crippen LogP) is 3.14. The molecular weight excluding hydrogens is 362 g/mol. The van der Waals surface area contributed by atoms with E-state index < -0.39 is 15.9 Å². The molecule has 0 spiro atoms. The lowest BCUT2D eigenvalue weighted by Crippen LogP contribution is -2.40. The Bertz CT molecular complexity index is 880.